The predicted octanol–water partition coefficient (Wildman–Crippen LogP) is 1.49. The van der Waals surface area contributed by atoms with Gasteiger partial charge in [-0.15, -0.1) is 0 Å². The van der Waals surface area contributed by atoms with Crippen molar-refractivity contribution in [1.29, 1.82) is 0 Å². The molecule has 0 saturated carbocycles. The zero-order valence-electron chi connectivity index (χ0n) is 10.4. The fourth-order valence-electron chi connectivity index (χ4n) is 2.35. The first kappa shape index (κ1) is 12.2. The third-order valence-corrected chi connectivity index (χ3v) is 5.18. The van der Waals surface area contributed by atoms with Crippen molar-refractivity contribution in [3.63, 3.8) is 0 Å². The lowest BCUT2D eigenvalue weighted by Crippen LogP contribution is -2.11. The minimum absolute atomic E-state index is 0.0347. The topological polar surface area (TPSA) is 78.0 Å². The minimum atomic E-state index is -2.88. The van der Waals surface area contributed by atoms with Gasteiger partial charge in [0.2, 0.25) is 0 Å². The number of benzene rings is 1. The van der Waals surface area contributed by atoms with Crippen LogP contribution in [0, 0.1) is 0 Å². The zero-order valence-corrected chi connectivity index (χ0v) is 11.2. The fourth-order valence-corrected chi connectivity index (χ4v) is 4.05. The first-order valence-electron chi connectivity index (χ1n) is 6.14. The summed E-state index contributed by atoms with van der Waals surface area (Å²) in [7, 11) is -2.88. The van der Waals surface area contributed by atoms with Crippen LogP contribution in [0.3, 0.4) is 0 Å². The lowest BCUT2D eigenvalue weighted by Gasteiger charge is -2.07. The second-order valence-corrected chi connectivity index (χ2v) is 7.12. The Hall–Kier alpha value is -1.82. The van der Waals surface area contributed by atoms with Crippen molar-refractivity contribution >= 4 is 15.5 Å². The van der Waals surface area contributed by atoms with Gasteiger partial charge in [0, 0.05) is 17.4 Å². The van der Waals surface area contributed by atoms with E-state index in [2.05, 4.69) is 5.10 Å². The lowest BCUT2D eigenvalue weighted by atomic mass is 10.1. The van der Waals surface area contributed by atoms with Gasteiger partial charge in [0.15, 0.2) is 9.84 Å². The summed E-state index contributed by atoms with van der Waals surface area (Å²) in [6.07, 6.45) is 4.30. The Morgan fingerprint density at radius 3 is 2.58 bits per heavy atom. The van der Waals surface area contributed by atoms with Crippen LogP contribution in [0.2, 0.25) is 0 Å². The van der Waals surface area contributed by atoms with Crippen LogP contribution in [-0.2, 0) is 9.84 Å². The molecule has 19 heavy (non-hydrogen) atoms. The molecule has 1 aromatic carbocycles. The number of hydrogen-bond donors (Lipinski definition) is 1. The van der Waals surface area contributed by atoms with Gasteiger partial charge < -0.3 is 5.73 Å². The standard InChI is InChI=1S/C13H15N3O2S/c14-12-3-1-10(2-4-12)11-7-15-16(8-11)13-5-6-19(17,18)9-13/h1-4,7-8,13H,5-6,9,14H2. The van der Waals surface area contributed by atoms with Crippen molar-refractivity contribution in [2.75, 3.05) is 17.2 Å². The van der Waals surface area contributed by atoms with E-state index in [9.17, 15) is 8.42 Å². The molecule has 2 aromatic rings. The predicted molar refractivity (Wildman–Crippen MR) is 74.4 cm³/mol. The van der Waals surface area contributed by atoms with E-state index in [0.29, 0.717) is 6.42 Å². The highest BCUT2D eigenvalue weighted by Gasteiger charge is 2.29. The Balaban J connectivity index is 1.86. The van der Waals surface area contributed by atoms with E-state index in [1.165, 1.54) is 0 Å². The van der Waals surface area contributed by atoms with Crippen LogP contribution in [0.1, 0.15) is 12.5 Å². The molecule has 2 N–H and O–H groups in total. The van der Waals surface area contributed by atoms with Crippen LogP contribution in [0.15, 0.2) is 36.7 Å². The number of nitrogens with two attached hydrogens (primary N) is 1. The highest BCUT2D eigenvalue weighted by atomic mass is 32.2. The molecule has 5 nitrogen and oxygen atoms in total. The van der Waals surface area contributed by atoms with E-state index >= 15 is 0 Å². The van der Waals surface area contributed by atoms with Crippen molar-refractivity contribution in [3.05, 3.63) is 36.7 Å². The van der Waals surface area contributed by atoms with E-state index in [1.807, 2.05) is 30.5 Å². The third-order valence-electron chi connectivity index (χ3n) is 3.43. The van der Waals surface area contributed by atoms with Crippen molar-refractivity contribution < 1.29 is 8.42 Å². The Morgan fingerprint density at radius 2 is 1.95 bits per heavy atom. The van der Waals surface area contributed by atoms with Crippen LogP contribution >= 0.6 is 0 Å². The molecule has 3 rings (SSSR count). The number of aromatic nitrogens is 2. The summed E-state index contributed by atoms with van der Waals surface area (Å²) in [6.45, 7) is 0. The Kier molecular flexibility index (Phi) is 2.82. The summed E-state index contributed by atoms with van der Waals surface area (Å²) in [5.74, 6) is 0.449. The molecular weight excluding hydrogens is 262 g/mol. The van der Waals surface area contributed by atoms with Crippen molar-refractivity contribution in [1.82, 2.24) is 9.78 Å². The molecular formula is C13H15N3O2S. The zero-order chi connectivity index (χ0) is 13.5. The molecule has 1 aliphatic heterocycles. The first-order chi connectivity index (χ1) is 9.03. The smallest absolute Gasteiger partial charge is 0.152 e. The summed E-state index contributed by atoms with van der Waals surface area (Å²) in [6, 6.07) is 7.51. The molecule has 0 amide bonds. The second-order valence-electron chi connectivity index (χ2n) is 4.89. The van der Waals surface area contributed by atoms with Gasteiger partial charge >= 0.3 is 0 Å². The largest absolute Gasteiger partial charge is 0.399 e. The molecule has 1 aromatic heterocycles. The number of anilines is 1. The van der Waals surface area contributed by atoms with E-state index in [-0.39, 0.29) is 17.5 Å². The molecule has 0 spiro atoms. The SMILES string of the molecule is Nc1ccc(-c2cnn(C3CCS(=O)(=O)C3)c2)cc1. The molecule has 1 saturated heterocycles. The molecule has 0 radical (unpaired) electrons. The Morgan fingerprint density at radius 1 is 1.21 bits per heavy atom. The van der Waals surface area contributed by atoms with Gasteiger partial charge in [-0.05, 0) is 24.1 Å². The number of nitrogen functional groups attached to an aromatic ring is 1. The van der Waals surface area contributed by atoms with E-state index in [4.69, 9.17) is 5.73 Å². The highest BCUT2D eigenvalue weighted by Crippen LogP contribution is 2.26. The van der Waals surface area contributed by atoms with Gasteiger partial charge in [0.1, 0.15) is 0 Å². The van der Waals surface area contributed by atoms with E-state index in [0.717, 1.165) is 16.8 Å². The Bertz CT molecular complexity index is 689. The third kappa shape index (κ3) is 2.49. The molecule has 1 unspecified atom stereocenters. The maximum Gasteiger partial charge on any atom is 0.152 e. The quantitative estimate of drug-likeness (QED) is 0.844. The van der Waals surface area contributed by atoms with Crippen LogP contribution in [0.5, 0.6) is 0 Å². The van der Waals surface area contributed by atoms with Gasteiger partial charge in [0.25, 0.3) is 0 Å². The van der Waals surface area contributed by atoms with Crippen molar-refractivity contribution in [2.24, 2.45) is 0 Å². The van der Waals surface area contributed by atoms with Crippen molar-refractivity contribution in [3.8, 4) is 11.1 Å². The summed E-state index contributed by atoms with van der Waals surface area (Å²) >= 11 is 0. The maximum absolute atomic E-state index is 11.5. The lowest BCUT2D eigenvalue weighted by molar-refractivity contribution is 0.500. The monoisotopic (exact) mass is 277 g/mol. The second kappa shape index (κ2) is 4.38. The van der Waals surface area contributed by atoms with Gasteiger partial charge in [-0.2, -0.15) is 5.10 Å². The molecule has 6 heteroatoms. The van der Waals surface area contributed by atoms with E-state index in [1.54, 1.807) is 10.9 Å². The summed E-state index contributed by atoms with van der Waals surface area (Å²) in [4.78, 5) is 0. The average molecular weight is 277 g/mol. The van der Waals surface area contributed by atoms with Crippen LogP contribution in [0.25, 0.3) is 11.1 Å². The molecule has 2 heterocycles. The molecule has 0 aliphatic carbocycles. The molecule has 1 fully saturated rings. The highest BCUT2D eigenvalue weighted by molar-refractivity contribution is 7.91. The van der Waals surface area contributed by atoms with Gasteiger partial charge in [0.05, 0.1) is 23.7 Å². The first-order valence-corrected chi connectivity index (χ1v) is 7.96. The summed E-state index contributed by atoms with van der Waals surface area (Å²) in [5.41, 5.74) is 8.38. The van der Waals surface area contributed by atoms with Crippen LogP contribution in [-0.4, -0.2) is 29.7 Å². The van der Waals surface area contributed by atoms with Gasteiger partial charge in [-0.3, -0.25) is 4.68 Å². The van der Waals surface area contributed by atoms with Crippen LogP contribution in [0.4, 0.5) is 5.69 Å². The number of sulfone groups is 1. The molecule has 0 bridgehead atoms. The fraction of sp³-hybridized carbons (Fsp3) is 0.308. The maximum atomic E-state index is 11.5. The van der Waals surface area contributed by atoms with Crippen LogP contribution < -0.4 is 5.73 Å². The summed E-state index contributed by atoms with van der Waals surface area (Å²) in [5, 5.41) is 4.28. The Labute approximate surface area is 112 Å². The molecule has 1 atom stereocenters. The van der Waals surface area contributed by atoms with Gasteiger partial charge in [-0.25, -0.2) is 8.42 Å². The number of hydrogen-bond acceptors (Lipinski definition) is 4. The minimum Gasteiger partial charge on any atom is -0.399 e. The van der Waals surface area contributed by atoms with E-state index < -0.39 is 9.84 Å². The average Bonchev–Trinajstić information content (AvgIpc) is 2.96. The normalized spacial score (nSPS) is 21.6. The molecule has 1 aliphatic rings. The van der Waals surface area contributed by atoms with Crippen molar-refractivity contribution in [2.45, 2.75) is 12.5 Å². The van der Waals surface area contributed by atoms with Gasteiger partial charge in [-0.1, -0.05) is 12.1 Å². The number of nitrogens with zero attached hydrogens (tertiary/aromatic N) is 2. The summed E-state index contributed by atoms with van der Waals surface area (Å²) < 4.78 is 24.7. The molecule has 100 valence electrons. The number of rotatable bonds is 2.